The van der Waals surface area contributed by atoms with Crippen molar-refractivity contribution < 1.29 is 23.4 Å². The van der Waals surface area contributed by atoms with Gasteiger partial charge in [0.15, 0.2) is 0 Å². The van der Waals surface area contributed by atoms with Crippen LogP contribution in [-0.2, 0) is 5.92 Å². The summed E-state index contributed by atoms with van der Waals surface area (Å²) in [5, 5.41) is 22.4. The number of hydrogen-bond donors (Lipinski definition) is 4. The van der Waals surface area contributed by atoms with E-state index < -0.39 is 30.0 Å². The highest BCUT2D eigenvalue weighted by atomic mass is 19.3. The lowest BCUT2D eigenvalue weighted by Gasteiger charge is -2.25. The molecule has 1 saturated carbocycles. The number of aromatic nitrogens is 3. The Morgan fingerprint density at radius 2 is 1.94 bits per heavy atom. The van der Waals surface area contributed by atoms with Gasteiger partial charge in [-0.25, -0.2) is 14.4 Å². The van der Waals surface area contributed by atoms with Crippen LogP contribution in [-0.4, -0.2) is 37.9 Å². The van der Waals surface area contributed by atoms with Gasteiger partial charge in [0.1, 0.15) is 29.7 Å². The third kappa shape index (κ3) is 4.65. The molecule has 1 aliphatic rings. The number of anilines is 1. The van der Waals surface area contributed by atoms with E-state index in [1.54, 1.807) is 19.9 Å². The number of pyridine rings is 1. The Hall–Kier alpha value is -2.98. The van der Waals surface area contributed by atoms with Crippen LogP contribution in [0.2, 0.25) is 0 Å². The zero-order chi connectivity index (χ0) is 24.6. The number of rotatable bonds is 6. The first kappa shape index (κ1) is 24.2. The largest absolute Gasteiger partial charge is 0.393 e. The Morgan fingerprint density at radius 1 is 1.24 bits per heavy atom. The van der Waals surface area contributed by atoms with Crippen molar-refractivity contribution in [1.82, 2.24) is 15.0 Å². The van der Waals surface area contributed by atoms with Crippen molar-refractivity contribution in [2.24, 2.45) is 0 Å². The first-order valence-corrected chi connectivity index (χ1v) is 11.2. The van der Waals surface area contributed by atoms with Gasteiger partial charge in [0.25, 0.3) is 11.5 Å². The highest BCUT2D eigenvalue weighted by molar-refractivity contribution is 5.87. The molecule has 34 heavy (non-hydrogen) atoms. The van der Waals surface area contributed by atoms with Gasteiger partial charge in [-0.2, -0.15) is 8.78 Å². The molecule has 2 aromatic heterocycles. The number of aromatic amines is 1. The SMILES string of the molecule is Cc1nc(N[C@H](C)c2cccc(C(F)(F)CO)c2F)c2cc([C@H]3CC[C@H](O)CC3)c(=O)[nH]c2n1. The average Bonchev–Trinajstić information content (AvgIpc) is 2.79. The van der Waals surface area contributed by atoms with Crippen molar-refractivity contribution in [1.29, 1.82) is 0 Å². The fourth-order valence-electron chi connectivity index (χ4n) is 4.55. The highest BCUT2D eigenvalue weighted by Gasteiger charge is 2.35. The van der Waals surface area contributed by atoms with E-state index in [9.17, 15) is 23.1 Å². The number of halogens is 3. The molecule has 0 spiro atoms. The van der Waals surface area contributed by atoms with E-state index in [-0.39, 0.29) is 23.1 Å². The third-order valence-electron chi connectivity index (χ3n) is 6.43. The van der Waals surface area contributed by atoms with Crippen molar-refractivity contribution >= 4 is 16.9 Å². The van der Waals surface area contributed by atoms with Crippen LogP contribution >= 0.6 is 0 Å². The van der Waals surface area contributed by atoms with Crippen LogP contribution in [0.1, 0.15) is 67.1 Å². The fraction of sp³-hybridized carbons (Fsp3) is 0.458. The number of hydrogen-bond acceptors (Lipinski definition) is 6. The molecule has 4 rings (SSSR count). The summed E-state index contributed by atoms with van der Waals surface area (Å²) in [5.74, 6) is -4.13. The molecule has 0 bridgehead atoms. The summed E-state index contributed by atoms with van der Waals surface area (Å²) in [6.45, 7) is 1.75. The van der Waals surface area contributed by atoms with Crippen molar-refractivity contribution in [2.45, 2.75) is 63.5 Å². The standard InChI is InChI=1S/C24H27F3N4O3/c1-12(16-4-3-5-19(20(16)25)24(26,27)11-32)28-21-18-10-17(14-6-8-15(33)9-7-14)23(34)31-22(18)30-13(2)29-21/h3-5,10,12,14-15,32-33H,6-9,11H2,1-2H3,(H2,28,29,30,31,34)/t12-,14-,15-/m1/s1. The molecular formula is C24H27F3N4O3. The first-order chi connectivity index (χ1) is 16.1. The van der Waals surface area contributed by atoms with Crippen LogP contribution < -0.4 is 10.9 Å². The van der Waals surface area contributed by atoms with E-state index in [2.05, 4.69) is 20.3 Å². The Kier molecular flexibility index (Phi) is 6.64. The number of H-pyrrole nitrogens is 1. The molecule has 1 fully saturated rings. The second-order valence-electron chi connectivity index (χ2n) is 8.88. The smallest absolute Gasteiger partial charge is 0.298 e. The van der Waals surface area contributed by atoms with E-state index in [1.807, 2.05) is 0 Å². The molecule has 2 heterocycles. The van der Waals surface area contributed by atoms with Gasteiger partial charge in [0.2, 0.25) is 0 Å². The molecule has 182 valence electrons. The van der Waals surface area contributed by atoms with E-state index in [0.29, 0.717) is 53.9 Å². The van der Waals surface area contributed by atoms with Crippen molar-refractivity contribution in [3.8, 4) is 0 Å². The van der Waals surface area contributed by atoms with Gasteiger partial charge >= 0.3 is 0 Å². The van der Waals surface area contributed by atoms with Crippen LogP contribution in [0.5, 0.6) is 0 Å². The zero-order valence-electron chi connectivity index (χ0n) is 18.9. The predicted molar refractivity (Wildman–Crippen MR) is 122 cm³/mol. The van der Waals surface area contributed by atoms with Crippen LogP contribution in [0.25, 0.3) is 11.0 Å². The minimum absolute atomic E-state index is 0.0130. The molecule has 0 unspecified atom stereocenters. The quantitative estimate of drug-likeness (QED) is 0.427. The summed E-state index contributed by atoms with van der Waals surface area (Å²) in [5.41, 5.74) is -0.265. The van der Waals surface area contributed by atoms with Crippen molar-refractivity contribution in [2.75, 3.05) is 11.9 Å². The van der Waals surface area contributed by atoms with E-state index in [4.69, 9.17) is 5.11 Å². The van der Waals surface area contributed by atoms with Crippen LogP contribution in [0.3, 0.4) is 0 Å². The minimum atomic E-state index is -3.71. The molecule has 1 atom stereocenters. The summed E-state index contributed by atoms with van der Waals surface area (Å²) in [7, 11) is 0. The van der Waals surface area contributed by atoms with Gasteiger partial charge in [-0.3, -0.25) is 4.79 Å². The number of nitrogens with one attached hydrogen (secondary N) is 2. The molecule has 0 radical (unpaired) electrons. The van der Waals surface area contributed by atoms with Crippen LogP contribution in [0.4, 0.5) is 19.0 Å². The molecule has 0 saturated heterocycles. The average molecular weight is 476 g/mol. The molecular weight excluding hydrogens is 449 g/mol. The van der Waals surface area contributed by atoms with E-state index in [0.717, 1.165) is 6.07 Å². The van der Waals surface area contributed by atoms with Gasteiger partial charge < -0.3 is 20.5 Å². The Labute approximate surface area is 194 Å². The van der Waals surface area contributed by atoms with Crippen molar-refractivity contribution in [3.05, 3.63) is 63.0 Å². The Balaban J connectivity index is 1.73. The third-order valence-corrected chi connectivity index (χ3v) is 6.43. The Bertz CT molecular complexity index is 1260. The maximum atomic E-state index is 15.0. The highest BCUT2D eigenvalue weighted by Crippen LogP contribution is 2.35. The van der Waals surface area contributed by atoms with Crippen LogP contribution in [0.15, 0.2) is 29.1 Å². The lowest BCUT2D eigenvalue weighted by atomic mass is 9.83. The summed E-state index contributed by atoms with van der Waals surface area (Å²) in [6, 6.07) is 4.61. The number of aliphatic hydroxyl groups excluding tert-OH is 2. The molecule has 10 heteroatoms. The number of nitrogens with zero attached hydrogens (tertiary/aromatic N) is 2. The predicted octanol–water partition coefficient (Wildman–Crippen LogP) is 4.04. The topological polar surface area (TPSA) is 111 Å². The van der Waals surface area contributed by atoms with Gasteiger partial charge in [-0.1, -0.05) is 12.1 Å². The summed E-state index contributed by atoms with van der Waals surface area (Å²) in [6.07, 6.45) is 2.23. The van der Waals surface area contributed by atoms with Gasteiger partial charge in [-0.15, -0.1) is 0 Å². The second-order valence-corrected chi connectivity index (χ2v) is 8.88. The maximum Gasteiger partial charge on any atom is 0.298 e. The van der Waals surface area contributed by atoms with Crippen LogP contribution in [0, 0.1) is 12.7 Å². The van der Waals surface area contributed by atoms with E-state index in [1.165, 1.54) is 12.1 Å². The monoisotopic (exact) mass is 476 g/mol. The maximum absolute atomic E-state index is 15.0. The molecule has 1 aromatic carbocycles. The second kappa shape index (κ2) is 9.34. The number of benzene rings is 1. The zero-order valence-corrected chi connectivity index (χ0v) is 18.9. The van der Waals surface area contributed by atoms with Crippen molar-refractivity contribution in [3.63, 3.8) is 0 Å². The molecule has 0 amide bonds. The summed E-state index contributed by atoms with van der Waals surface area (Å²) >= 11 is 0. The normalized spacial score (nSPS) is 19.9. The number of fused-ring (bicyclic) bond motifs is 1. The van der Waals surface area contributed by atoms with Gasteiger partial charge in [0.05, 0.1) is 23.1 Å². The molecule has 7 nitrogen and oxygen atoms in total. The van der Waals surface area contributed by atoms with Gasteiger partial charge in [-0.05, 0) is 57.6 Å². The summed E-state index contributed by atoms with van der Waals surface area (Å²) in [4.78, 5) is 24.3. The molecule has 1 aliphatic carbocycles. The number of aliphatic hydroxyl groups is 2. The first-order valence-electron chi connectivity index (χ1n) is 11.2. The lowest BCUT2D eigenvalue weighted by Crippen LogP contribution is -2.23. The minimum Gasteiger partial charge on any atom is -0.393 e. The number of aryl methyl sites for hydroxylation is 1. The molecule has 0 aliphatic heterocycles. The number of alkyl halides is 2. The van der Waals surface area contributed by atoms with Gasteiger partial charge in [0, 0.05) is 11.1 Å². The summed E-state index contributed by atoms with van der Waals surface area (Å²) < 4.78 is 42.9. The molecule has 4 N–H and O–H groups in total. The molecule has 3 aromatic rings. The Morgan fingerprint density at radius 3 is 2.62 bits per heavy atom. The fourth-order valence-corrected chi connectivity index (χ4v) is 4.55. The lowest BCUT2D eigenvalue weighted by molar-refractivity contribution is -0.0583. The van der Waals surface area contributed by atoms with E-state index >= 15 is 0 Å².